The van der Waals surface area contributed by atoms with Gasteiger partial charge >= 0.3 is 6.09 Å². The Bertz CT molecular complexity index is 381. The molecule has 17 heavy (non-hydrogen) atoms. The number of aromatic amines is 1. The van der Waals surface area contributed by atoms with E-state index in [0.29, 0.717) is 0 Å². The van der Waals surface area contributed by atoms with Gasteiger partial charge in [-0.25, -0.2) is 9.78 Å². The maximum atomic E-state index is 12.0. The molecule has 1 saturated heterocycles. The van der Waals surface area contributed by atoms with Gasteiger partial charge in [0.15, 0.2) is 0 Å². The van der Waals surface area contributed by atoms with E-state index >= 15 is 0 Å². The summed E-state index contributed by atoms with van der Waals surface area (Å²) in [7, 11) is 0. The summed E-state index contributed by atoms with van der Waals surface area (Å²) in [5.41, 5.74) is -0.451. The molecule has 0 saturated carbocycles. The maximum Gasteiger partial charge on any atom is 0.410 e. The predicted octanol–water partition coefficient (Wildman–Crippen LogP) is 2.48. The zero-order chi connectivity index (χ0) is 12.5. The molecule has 0 unspecified atom stereocenters. The SMILES string of the molecule is CC(C)(C)OC(=O)N1CCC[C@@H]1c1ncc[nH]1. The van der Waals surface area contributed by atoms with Crippen molar-refractivity contribution in [1.29, 1.82) is 0 Å². The van der Waals surface area contributed by atoms with Crippen LogP contribution in [0.5, 0.6) is 0 Å². The number of hydrogen-bond donors (Lipinski definition) is 1. The molecule has 1 atom stereocenters. The van der Waals surface area contributed by atoms with Crippen LogP contribution >= 0.6 is 0 Å². The smallest absolute Gasteiger partial charge is 0.410 e. The second-order valence-corrected chi connectivity index (χ2v) is 5.31. The van der Waals surface area contributed by atoms with Crippen molar-refractivity contribution in [3.8, 4) is 0 Å². The van der Waals surface area contributed by atoms with E-state index in [9.17, 15) is 4.79 Å². The van der Waals surface area contributed by atoms with Crippen molar-refractivity contribution in [2.75, 3.05) is 6.54 Å². The molecule has 1 aliphatic rings. The molecule has 5 heteroatoms. The van der Waals surface area contributed by atoms with Gasteiger partial charge in [-0.15, -0.1) is 0 Å². The molecule has 1 aromatic rings. The number of rotatable bonds is 1. The first-order valence-corrected chi connectivity index (χ1v) is 5.96. The van der Waals surface area contributed by atoms with Crippen LogP contribution in [0.15, 0.2) is 12.4 Å². The van der Waals surface area contributed by atoms with Crippen molar-refractivity contribution in [3.05, 3.63) is 18.2 Å². The third-order valence-electron chi connectivity index (χ3n) is 2.72. The lowest BCUT2D eigenvalue weighted by Crippen LogP contribution is -2.36. The van der Waals surface area contributed by atoms with Gasteiger partial charge in [-0.3, -0.25) is 4.90 Å². The molecule has 0 radical (unpaired) electrons. The Kier molecular flexibility index (Phi) is 3.09. The Labute approximate surface area is 101 Å². The number of nitrogens with zero attached hydrogens (tertiary/aromatic N) is 2. The number of imidazole rings is 1. The Morgan fingerprint density at radius 2 is 2.35 bits per heavy atom. The molecule has 5 nitrogen and oxygen atoms in total. The minimum absolute atomic E-state index is 0.0276. The lowest BCUT2D eigenvalue weighted by atomic mass is 10.2. The molecule has 2 heterocycles. The van der Waals surface area contributed by atoms with E-state index in [4.69, 9.17) is 4.74 Å². The van der Waals surface area contributed by atoms with Gasteiger partial charge in [-0.2, -0.15) is 0 Å². The van der Waals surface area contributed by atoms with Crippen LogP contribution in [-0.4, -0.2) is 33.1 Å². The summed E-state index contributed by atoms with van der Waals surface area (Å²) in [6, 6.07) is 0.0276. The van der Waals surface area contributed by atoms with Crippen LogP contribution in [0.1, 0.15) is 45.5 Å². The molecule has 1 amide bonds. The van der Waals surface area contributed by atoms with Crippen LogP contribution in [0.4, 0.5) is 4.79 Å². The Morgan fingerprint density at radius 3 is 2.94 bits per heavy atom. The number of carbonyl (C=O) groups excluding carboxylic acids is 1. The van der Waals surface area contributed by atoms with E-state index < -0.39 is 5.60 Å². The van der Waals surface area contributed by atoms with Gasteiger partial charge in [0.2, 0.25) is 0 Å². The van der Waals surface area contributed by atoms with Crippen molar-refractivity contribution in [3.63, 3.8) is 0 Å². The van der Waals surface area contributed by atoms with E-state index in [1.54, 1.807) is 17.3 Å². The molecule has 94 valence electrons. The molecular weight excluding hydrogens is 218 g/mol. The predicted molar refractivity (Wildman–Crippen MR) is 63.5 cm³/mol. The molecule has 2 rings (SSSR count). The highest BCUT2D eigenvalue weighted by Gasteiger charge is 2.34. The van der Waals surface area contributed by atoms with Gasteiger partial charge in [0.1, 0.15) is 11.4 Å². The lowest BCUT2D eigenvalue weighted by molar-refractivity contribution is 0.0219. The van der Waals surface area contributed by atoms with Crippen LogP contribution in [0, 0.1) is 0 Å². The number of hydrogen-bond acceptors (Lipinski definition) is 3. The second-order valence-electron chi connectivity index (χ2n) is 5.31. The number of aromatic nitrogens is 2. The quantitative estimate of drug-likeness (QED) is 0.816. The summed E-state index contributed by atoms with van der Waals surface area (Å²) in [5, 5.41) is 0. The minimum atomic E-state index is -0.451. The average Bonchev–Trinajstić information content (AvgIpc) is 2.85. The third kappa shape index (κ3) is 2.78. The summed E-state index contributed by atoms with van der Waals surface area (Å²) in [6.07, 6.45) is 5.16. The number of H-pyrrole nitrogens is 1. The molecule has 0 spiro atoms. The summed E-state index contributed by atoms with van der Waals surface area (Å²) in [6.45, 7) is 6.37. The van der Waals surface area contributed by atoms with Crippen LogP contribution in [-0.2, 0) is 4.74 Å². The second kappa shape index (κ2) is 4.39. The highest BCUT2D eigenvalue weighted by Crippen LogP contribution is 2.30. The standard InChI is InChI=1S/C12H19N3O2/c1-12(2,3)17-11(16)15-8-4-5-9(15)10-13-6-7-14-10/h6-7,9H,4-5,8H2,1-3H3,(H,13,14)/t9-/m1/s1. The first-order chi connectivity index (χ1) is 7.97. The highest BCUT2D eigenvalue weighted by molar-refractivity contribution is 5.69. The first-order valence-electron chi connectivity index (χ1n) is 5.96. The van der Waals surface area contributed by atoms with Crippen LogP contribution in [0.25, 0.3) is 0 Å². The van der Waals surface area contributed by atoms with Gasteiger partial charge in [0, 0.05) is 18.9 Å². The van der Waals surface area contributed by atoms with E-state index in [2.05, 4.69) is 9.97 Å². The number of likely N-dealkylation sites (tertiary alicyclic amines) is 1. The van der Waals surface area contributed by atoms with Crippen LogP contribution < -0.4 is 0 Å². The average molecular weight is 237 g/mol. The van der Waals surface area contributed by atoms with E-state index in [0.717, 1.165) is 25.2 Å². The Morgan fingerprint density at radius 1 is 1.59 bits per heavy atom. The van der Waals surface area contributed by atoms with Gasteiger partial charge in [-0.05, 0) is 33.6 Å². The molecule has 1 aliphatic heterocycles. The molecular formula is C12H19N3O2. The van der Waals surface area contributed by atoms with Crippen molar-refractivity contribution in [2.24, 2.45) is 0 Å². The molecule has 0 aliphatic carbocycles. The van der Waals surface area contributed by atoms with E-state index in [-0.39, 0.29) is 12.1 Å². The van der Waals surface area contributed by atoms with Crippen molar-refractivity contribution < 1.29 is 9.53 Å². The number of carbonyl (C=O) groups is 1. The van der Waals surface area contributed by atoms with Gasteiger partial charge in [0.25, 0.3) is 0 Å². The molecule has 1 fully saturated rings. The van der Waals surface area contributed by atoms with Crippen molar-refractivity contribution in [1.82, 2.24) is 14.9 Å². The van der Waals surface area contributed by atoms with Crippen LogP contribution in [0.2, 0.25) is 0 Å². The summed E-state index contributed by atoms with van der Waals surface area (Å²) >= 11 is 0. The fourth-order valence-electron chi connectivity index (χ4n) is 2.05. The number of nitrogens with one attached hydrogen (secondary N) is 1. The fourth-order valence-corrected chi connectivity index (χ4v) is 2.05. The fraction of sp³-hybridized carbons (Fsp3) is 0.667. The number of amides is 1. The monoisotopic (exact) mass is 237 g/mol. The topological polar surface area (TPSA) is 58.2 Å². The summed E-state index contributed by atoms with van der Waals surface area (Å²) in [5.74, 6) is 0.841. The van der Waals surface area contributed by atoms with E-state index in [1.807, 2.05) is 20.8 Å². The third-order valence-corrected chi connectivity index (χ3v) is 2.72. The Balaban J connectivity index is 2.07. The largest absolute Gasteiger partial charge is 0.444 e. The highest BCUT2D eigenvalue weighted by atomic mass is 16.6. The first kappa shape index (κ1) is 12.0. The van der Waals surface area contributed by atoms with Crippen LogP contribution in [0.3, 0.4) is 0 Å². The van der Waals surface area contributed by atoms with Gasteiger partial charge in [0.05, 0.1) is 6.04 Å². The van der Waals surface area contributed by atoms with E-state index in [1.165, 1.54) is 0 Å². The molecule has 1 aromatic heterocycles. The van der Waals surface area contributed by atoms with Gasteiger partial charge in [-0.1, -0.05) is 0 Å². The number of ether oxygens (including phenoxy) is 1. The lowest BCUT2D eigenvalue weighted by Gasteiger charge is -2.27. The minimum Gasteiger partial charge on any atom is -0.444 e. The zero-order valence-corrected chi connectivity index (χ0v) is 10.6. The Hall–Kier alpha value is -1.52. The maximum absolute atomic E-state index is 12.0. The summed E-state index contributed by atoms with van der Waals surface area (Å²) in [4.78, 5) is 21.1. The summed E-state index contributed by atoms with van der Waals surface area (Å²) < 4.78 is 5.40. The molecule has 0 aromatic carbocycles. The zero-order valence-electron chi connectivity index (χ0n) is 10.6. The van der Waals surface area contributed by atoms with Crippen molar-refractivity contribution >= 4 is 6.09 Å². The molecule has 0 bridgehead atoms. The normalized spacial score (nSPS) is 20.6. The van der Waals surface area contributed by atoms with Gasteiger partial charge < -0.3 is 9.72 Å². The van der Waals surface area contributed by atoms with Crippen molar-refractivity contribution in [2.45, 2.75) is 45.3 Å². The molecule has 1 N–H and O–H groups in total.